The molecule has 0 fully saturated rings. The van der Waals surface area contributed by atoms with Crippen LogP contribution in [-0.2, 0) is 6.54 Å². The molecule has 148 valence electrons. The van der Waals surface area contributed by atoms with E-state index < -0.39 is 13.2 Å². The highest BCUT2D eigenvalue weighted by Gasteiger charge is 2.15. The second-order valence-electron chi connectivity index (χ2n) is 5.65. The molecule has 0 aliphatic heterocycles. The van der Waals surface area contributed by atoms with Gasteiger partial charge in [-0.1, -0.05) is 28.9 Å². The Morgan fingerprint density at radius 3 is 2.54 bits per heavy atom. The quantitative estimate of drug-likeness (QED) is 0.548. The Morgan fingerprint density at radius 1 is 1.04 bits per heavy atom. The van der Waals surface area contributed by atoms with Crippen molar-refractivity contribution in [2.24, 2.45) is 0 Å². The summed E-state index contributed by atoms with van der Waals surface area (Å²) in [5.41, 5.74) is 1.92. The van der Waals surface area contributed by atoms with Crippen LogP contribution in [0.3, 0.4) is 0 Å². The zero-order valence-electron chi connectivity index (χ0n) is 14.5. The van der Waals surface area contributed by atoms with Gasteiger partial charge < -0.3 is 19.3 Å². The lowest BCUT2D eigenvalue weighted by Crippen LogP contribution is -2.08. The Labute approximate surface area is 157 Å². The van der Waals surface area contributed by atoms with E-state index in [0.29, 0.717) is 5.82 Å². The number of benzene rings is 2. The third kappa shape index (κ3) is 5.12. The van der Waals surface area contributed by atoms with Gasteiger partial charge >= 0.3 is 13.2 Å². The molecule has 0 saturated heterocycles. The standard InChI is InChI=1S/C18H15F4N3O3/c1-10-3-2-4-11(7-10)16-24-15(28-25-16)9-23-13-6-5-12(26-17(19)20)8-14(13)27-18(21)22/h2-8,17-18,23H,9H2,1H3. The van der Waals surface area contributed by atoms with Gasteiger partial charge in [-0.25, -0.2) is 0 Å². The average molecular weight is 397 g/mol. The summed E-state index contributed by atoms with van der Waals surface area (Å²) < 4.78 is 63.5. The molecule has 0 atom stereocenters. The zero-order chi connectivity index (χ0) is 20.1. The molecule has 0 bridgehead atoms. The Hall–Kier alpha value is -3.30. The van der Waals surface area contributed by atoms with Crippen molar-refractivity contribution < 1.29 is 31.6 Å². The fraction of sp³-hybridized carbons (Fsp3) is 0.222. The minimum Gasteiger partial charge on any atom is -0.435 e. The van der Waals surface area contributed by atoms with E-state index in [9.17, 15) is 17.6 Å². The normalized spacial score (nSPS) is 11.1. The molecule has 0 amide bonds. The number of nitrogens with zero attached hydrogens (tertiary/aromatic N) is 2. The van der Waals surface area contributed by atoms with E-state index in [1.807, 2.05) is 31.2 Å². The molecule has 6 nitrogen and oxygen atoms in total. The molecule has 1 heterocycles. The summed E-state index contributed by atoms with van der Waals surface area (Å²) in [5.74, 6) is -0.0834. The van der Waals surface area contributed by atoms with E-state index in [1.54, 1.807) is 0 Å². The lowest BCUT2D eigenvalue weighted by atomic mass is 10.1. The maximum atomic E-state index is 12.6. The second kappa shape index (κ2) is 8.59. The molecule has 10 heteroatoms. The first kappa shape index (κ1) is 19.5. The number of anilines is 1. The molecule has 0 aliphatic carbocycles. The van der Waals surface area contributed by atoms with Crippen LogP contribution in [0.15, 0.2) is 47.0 Å². The van der Waals surface area contributed by atoms with Crippen LogP contribution in [0.2, 0.25) is 0 Å². The molecule has 3 rings (SSSR count). The third-order valence-electron chi connectivity index (χ3n) is 3.57. The molecule has 28 heavy (non-hydrogen) atoms. The van der Waals surface area contributed by atoms with Gasteiger partial charge in [-0.15, -0.1) is 0 Å². The number of rotatable bonds is 8. The zero-order valence-corrected chi connectivity index (χ0v) is 14.5. The van der Waals surface area contributed by atoms with Crippen molar-refractivity contribution >= 4 is 5.69 Å². The molecule has 1 N–H and O–H groups in total. The second-order valence-corrected chi connectivity index (χ2v) is 5.65. The van der Waals surface area contributed by atoms with Crippen LogP contribution in [0.5, 0.6) is 11.5 Å². The smallest absolute Gasteiger partial charge is 0.387 e. The number of ether oxygens (including phenoxy) is 2. The van der Waals surface area contributed by atoms with Gasteiger partial charge in [0.1, 0.15) is 5.75 Å². The Morgan fingerprint density at radius 2 is 1.82 bits per heavy atom. The topological polar surface area (TPSA) is 69.4 Å². The van der Waals surface area contributed by atoms with Gasteiger partial charge in [0.15, 0.2) is 5.75 Å². The predicted molar refractivity (Wildman–Crippen MR) is 91.5 cm³/mol. The van der Waals surface area contributed by atoms with Crippen molar-refractivity contribution in [3.05, 3.63) is 53.9 Å². The lowest BCUT2D eigenvalue weighted by molar-refractivity contribution is -0.0539. The summed E-state index contributed by atoms with van der Waals surface area (Å²) in [5, 5.41) is 6.67. The molecule has 2 aromatic carbocycles. The van der Waals surface area contributed by atoms with Crippen molar-refractivity contribution in [1.82, 2.24) is 10.1 Å². The first-order valence-corrected chi connectivity index (χ1v) is 8.08. The number of hydrogen-bond donors (Lipinski definition) is 1. The van der Waals surface area contributed by atoms with Crippen LogP contribution in [0.4, 0.5) is 23.2 Å². The van der Waals surface area contributed by atoms with Crippen molar-refractivity contribution in [3.63, 3.8) is 0 Å². The minimum absolute atomic E-state index is 0.00741. The lowest BCUT2D eigenvalue weighted by Gasteiger charge is -2.13. The third-order valence-corrected chi connectivity index (χ3v) is 3.57. The van der Waals surface area contributed by atoms with Crippen LogP contribution in [-0.4, -0.2) is 23.4 Å². The van der Waals surface area contributed by atoms with Gasteiger partial charge in [-0.2, -0.15) is 22.5 Å². The summed E-state index contributed by atoms with van der Waals surface area (Å²) in [4.78, 5) is 4.23. The van der Waals surface area contributed by atoms with Crippen LogP contribution >= 0.6 is 0 Å². The average Bonchev–Trinajstić information content (AvgIpc) is 3.09. The number of alkyl halides is 4. The van der Waals surface area contributed by atoms with Crippen molar-refractivity contribution in [3.8, 4) is 22.9 Å². The summed E-state index contributed by atoms with van der Waals surface area (Å²) in [6.45, 7) is -4.29. The monoisotopic (exact) mass is 397 g/mol. The van der Waals surface area contributed by atoms with E-state index in [2.05, 4.69) is 24.9 Å². The molecule has 0 unspecified atom stereocenters. The van der Waals surface area contributed by atoms with Gasteiger partial charge in [-0.05, 0) is 25.1 Å². The van der Waals surface area contributed by atoms with Gasteiger partial charge in [0, 0.05) is 11.6 Å². The van der Waals surface area contributed by atoms with Crippen LogP contribution in [0.25, 0.3) is 11.4 Å². The number of aromatic nitrogens is 2. The SMILES string of the molecule is Cc1cccc(-c2noc(CNc3ccc(OC(F)F)cc3OC(F)F)n2)c1. The fourth-order valence-electron chi connectivity index (χ4n) is 2.42. The van der Waals surface area contributed by atoms with Gasteiger partial charge in [0.05, 0.1) is 12.2 Å². The number of halogens is 4. The maximum absolute atomic E-state index is 12.6. The summed E-state index contributed by atoms with van der Waals surface area (Å²) in [6.07, 6.45) is 0. The minimum atomic E-state index is -3.14. The highest BCUT2D eigenvalue weighted by molar-refractivity contribution is 5.59. The van der Waals surface area contributed by atoms with Gasteiger partial charge in [0.25, 0.3) is 0 Å². The molecular formula is C18H15F4N3O3. The van der Waals surface area contributed by atoms with Crippen molar-refractivity contribution in [2.45, 2.75) is 26.7 Å². The largest absolute Gasteiger partial charge is 0.435 e. The fourth-order valence-corrected chi connectivity index (χ4v) is 2.42. The van der Waals surface area contributed by atoms with E-state index >= 15 is 0 Å². The predicted octanol–water partition coefficient (Wildman–Crippen LogP) is 4.86. The molecule has 0 aliphatic rings. The highest BCUT2D eigenvalue weighted by Crippen LogP contribution is 2.32. The number of hydrogen-bond acceptors (Lipinski definition) is 6. The van der Waals surface area contributed by atoms with Crippen LogP contribution in [0.1, 0.15) is 11.5 Å². The highest BCUT2D eigenvalue weighted by atomic mass is 19.3. The molecule has 1 aromatic heterocycles. The molecule has 0 saturated carbocycles. The van der Waals surface area contributed by atoms with Gasteiger partial charge in [0.2, 0.25) is 11.7 Å². The number of nitrogens with one attached hydrogen (secondary N) is 1. The molecule has 0 radical (unpaired) electrons. The van der Waals surface area contributed by atoms with E-state index in [-0.39, 0.29) is 29.6 Å². The van der Waals surface area contributed by atoms with E-state index in [0.717, 1.165) is 17.2 Å². The van der Waals surface area contributed by atoms with Crippen LogP contribution < -0.4 is 14.8 Å². The summed E-state index contributed by atoms with van der Waals surface area (Å²) >= 11 is 0. The molecular weight excluding hydrogens is 382 g/mol. The van der Waals surface area contributed by atoms with Crippen LogP contribution in [0, 0.1) is 6.92 Å². The first-order valence-electron chi connectivity index (χ1n) is 8.08. The summed E-state index contributed by atoms with van der Waals surface area (Å²) in [7, 11) is 0. The number of aryl methyl sites for hydroxylation is 1. The molecule has 0 spiro atoms. The van der Waals surface area contributed by atoms with E-state index in [1.165, 1.54) is 12.1 Å². The Balaban J connectivity index is 1.73. The first-order chi connectivity index (χ1) is 13.4. The van der Waals surface area contributed by atoms with Crippen molar-refractivity contribution in [1.29, 1.82) is 0 Å². The van der Waals surface area contributed by atoms with E-state index in [4.69, 9.17) is 4.52 Å². The molecule has 3 aromatic rings. The Bertz CT molecular complexity index is 934. The maximum Gasteiger partial charge on any atom is 0.387 e. The Kier molecular flexibility index (Phi) is 5.97. The van der Waals surface area contributed by atoms with Gasteiger partial charge in [-0.3, -0.25) is 0 Å². The summed E-state index contributed by atoms with van der Waals surface area (Å²) in [6, 6.07) is 10.9. The van der Waals surface area contributed by atoms with Crippen molar-refractivity contribution in [2.75, 3.05) is 5.32 Å².